The second-order valence-corrected chi connectivity index (χ2v) is 1.82. The van der Waals surface area contributed by atoms with E-state index in [1.807, 2.05) is 62.5 Å². The molecule has 54 valence electrons. The molecule has 0 atom stereocenters. The van der Waals surface area contributed by atoms with Crippen LogP contribution in [0.1, 0.15) is 13.8 Å². The van der Waals surface area contributed by atoms with Crippen LogP contribution >= 0.6 is 0 Å². The van der Waals surface area contributed by atoms with Crippen LogP contribution in [0.25, 0.3) is 0 Å². The third-order valence-corrected chi connectivity index (χ3v) is 0.940. The molecule has 0 radical (unpaired) electrons. The van der Waals surface area contributed by atoms with E-state index in [4.69, 9.17) is 0 Å². The van der Waals surface area contributed by atoms with E-state index in [-0.39, 0.29) is 0 Å². The van der Waals surface area contributed by atoms with E-state index >= 15 is 0 Å². The molecule has 0 saturated carbocycles. The molecule has 0 aliphatic rings. The van der Waals surface area contributed by atoms with E-state index in [1.165, 1.54) is 0 Å². The lowest BCUT2D eigenvalue weighted by Gasteiger charge is -1.71. The smallest absolute Gasteiger partial charge is 0.0467 e. The molecular weight excluding hydrogens is 120 g/mol. The molecule has 10 heavy (non-hydrogen) atoms. The monoisotopic (exact) mass is 134 g/mol. The Morgan fingerprint density at radius 3 is 1.10 bits per heavy atom. The molecule has 0 spiro atoms. The van der Waals surface area contributed by atoms with E-state index < -0.39 is 0 Å². The molecule has 0 aromatic rings. The molecule has 0 fully saturated rings. The summed E-state index contributed by atoms with van der Waals surface area (Å²) >= 11 is 0. The number of rotatable bonds is 3. The van der Waals surface area contributed by atoms with Gasteiger partial charge < -0.3 is 0 Å². The Morgan fingerprint density at radius 1 is 0.500 bits per heavy atom. The van der Waals surface area contributed by atoms with Gasteiger partial charge in [0.25, 0.3) is 0 Å². The summed E-state index contributed by atoms with van der Waals surface area (Å²) in [6, 6.07) is 0. The molecule has 0 aromatic carbocycles. The van der Waals surface area contributed by atoms with Crippen LogP contribution in [0.15, 0.2) is 48.6 Å². The van der Waals surface area contributed by atoms with Crippen molar-refractivity contribution >= 4 is 0 Å². The summed E-state index contributed by atoms with van der Waals surface area (Å²) in [5.41, 5.74) is 0. The minimum atomic E-state index is 2.00. The molecule has 0 amide bonds. The van der Waals surface area contributed by atoms with Crippen LogP contribution in [0, 0.1) is 0 Å². The summed E-state index contributed by atoms with van der Waals surface area (Å²) in [4.78, 5) is 0. The fraction of sp³-hybridized carbons (Fsp3) is 0.200. The Kier molecular flexibility index (Phi) is 7.13. The first-order valence-electron chi connectivity index (χ1n) is 3.49. The lowest BCUT2D eigenvalue weighted by molar-refractivity contribution is 1.72. The maximum Gasteiger partial charge on any atom is -0.0467 e. The highest BCUT2D eigenvalue weighted by molar-refractivity contribution is 5.14. The standard InChI is InChI=1S/C10H14/c1-3-5-7-9-10-8-6-4-2/h3-10H,1-2H3/b5-3+,6-4+,9-7+,10-8+. The summed E-state index contributed by atoms with van der Waals surface area (Å²) in [5.74, 6) is 0. The van der Waals surface area contributed by atoms with Crippen LogP contribution < -0.4 is 0 Å². The predicted octanol–water partition coefficient (Wildman–Crippen LogP) is 3.25. The van der Waals surface area contributed by atoms with Crippen LogP contribution in [0.4, 0.5) is 0 Å². The zero-order valence-electron chi connectivity index (χ0n) is 6.62. The normalized spacial score (nSPS) is 13.4. The fourth-order valence-electron chi connectivity index (χ4n) is 0.479. The van der Waals surface area contributed by atoms with Crippen molar-refractivity contribution in [2.75, 3.05) is 0 Å². The molecule has 0 unspecified atom stereocenters. The van der Waals surface area contributed by atoms with Crippen LogP contribution in [0.2, 0.25) is 0 Å². The molecular formula is C10H14. The van der Waals surface area contributed by atoms with Crippen molar-refractivity contribution in [2.24, 2.45) is 0 Å². The van der Waals surface area contributed by atoms with Gasteiger partial charge in [0.1, 0.15) is 0 Å². The van der Waals surface area contributed by atoms with Gasteiger partial charge in [-0.05, 0) is 13.8 Å². The maximum absolute atomic E-state index is 2.00. The fourth-order valence-corrected chi connectivity index (χ4v) is 0.479. The number of hydrogen-bond acceptors (Lipinski definition) is 0. The van der Waals surface area contributed by atoms with Crippen LogP contribution in [-0.2, 0) is 0 Å². The van der Waals surface area contributed by atoms with Crippen molar-refractivity contribution in [2.45, 2.75) is 13.8 Å². The van der Waals surface area contributed by atoms with Gasteiger partial charge in [-0.15, -0.1) is 0 Å². The maximum atomic E-state index is 2.00. The molecule has 0 bridgehead atoms. The Hall–Kier alpha value is -1.04. The summed E-state index contributed by atoms with van der Waals surface area (Å²) in [7, 11) is 0. The van der Waals surface area contributed by atoms with Crippen molar-refractivity contribution in [3.05, 3.63) is 48.6 Å². The van der Waals surface area contributed by atoms with Gasteiger partial charge in [0.15, 0.2) is 0 Å². The minimum absolute atomic E-state index is 2.00. The van der Waals surface area contributed by atoms with Crippen molar-refractivity contribution < 1.29 is 0 Å². The van der Waals surface area contributed by atoms with Crippen molar-refractivity contribution in [3.8, 4) is 0 Å². The molecule has 0 rings (SSSR count). The summed E-state index contributed by atoms with van der Waals surface area (Å²) < 4.78 is 0. The molecule has 0 nitrogen and oxygen atoms in total. The largest absolute Gasteiger partial charge is 0.0877 e. The highest BCUT2D eigenvalue weighted by atomic mass is 13.7. The third-order valence-electron chi connectivity index (χ3n) is 0.940. The van der Waals surface area contributed by atoms with Gasteiger partial charge in [0, 0.05) is 0 Å². The first-order valence-corrected chi connectivity index (χ1v) is 3.49. The Bertz CT molecular complexity index is 137. The zero-order valence-corrected chi connectivity index (χ0v) is 6.62. The van der Waals surface area contributed by atoms with Crippen LogP contribution in [-0.4, -0.2) is 0 Å². The molecule has 0 N–H and O–H groups in total. The third kappa shape index (κ3) is 6.96. The summed E-state index contributed by atoms with van der Waals surface area (Å²) in [6.45, 7) is 4.00. The molecule has 0 aliphatic carbocycles. The minimum Gasteiger partial charge on any atom is -0.0877 e. The average molecular weight is 134 g/mol. The topological polar surface area (TPSA) is 0 Å². The second kappa shape index (κ2) is 7.96. The van der Waals surface area contributed by atoms with Crippen molar-refractivity contribution in [3.63, 3.8) is 0 Å². The molecule has 0 heterocycles. The van der Waals surface area contributed by atoms with Gasteiger partial charge in [-0.25, -0.2) is 0 Å². The van der Waals surface area contributed by atoms with Crippen molar-refractivity contribution in [1.82, 2.24) is 0 Å². The Labute approximate surface area is 63.3 Å². The summed E-state index contributed by atoms with van der Waals surface area (Å²) in [6.07, 6.45) is 16.0. The van der Waals surface area contributed by atoms with Gasteiger partial charge in [0.05, 0.1) is 0 Å². The lowest BCUT2D eigenvalue weighted by atomic mass is 10.4. The Balaban J connectivity index is 3.51. The Morgan fingerprint density at radius 2 is 0.800 bits per heavy atom. The quantitative estimate of drug-likeness (QED) is 0.520. The summed E-state index contributed by atoms with van der Waals surface area (Å²) in [5, 5.41) is 0. The molecule has 0 aromatic heterocycles. The molecule has 0 saturated heterocycles. The molecule has 0 aliphatic heterocycles. The van der Waals surface area contributed by atoms with Gasteiger partial charge >= 0.3 is 0 Å². The average Bonchev–Trinajstić information content (AvgIpc) is 1.97. The highest BCUT2D eigenvalue weighted by Gasteiger charge is 1.58. The van der Waals surface area contributed by atoms with Crippen LogP contribution in [0.3, 0.4) is 0 Å². The first kappa shape index (κ1) is 8.96. The van der Waals surface area contributed by atoms with Gasteiger partial charge in [-0.3, -0.25) is 0 Å². The SMILES string of the molecule is C/C=C/C=C/C=C/C=C/C. The number of allylic oxidation sites excluding steroid dienone is 8. The highest BCUT2D eigenvalue weighted by Crippen LogP contribution is 1.80. The van der Waals surface area contributed by atoms with Crippen LogP contribution in [0.5, 0.6) is 0 Å². The number of hydrogen-bond donors (Lipinski definition) is 0. The van der Waals surface area contributed by atoms with E-state index in [1.54, 1.807) is 0 Å². The second-order valence-electron chi connectivity index (χ2n) is 1.82. The van der Waals surface area contributed by atoms with Gasteiger partial charge in [-0.2, -0.15) is 0 Å². The van der Waals surface area contributed by atoms with Crippen molar-refractivity contribution in [1.29, 1.82) is 0 Å². The zero-order chi connectivity index (χ0) is 7.66. The van der Waals surface area contributed by atoms with E-state index in [0.29, 0.717) is 0 Å². The van der Waals surface area contributed by atoms with Gasteiger partial charge in [-0.1, -0.05) is 48.6 Å². The van der Waals surface area contributed by atoms with E-state index in [0.717, 1.165) is 0 Å². The van der Waals surface area contributed by atoms with E-state index in [2.05, 4.69) is 0 Å². The van der Waals surface area contributed by atoms with Gasteiger partial charge in [0.2, 0.25) is 0 Å². The predicted molar refractivity (Wildman–Crippen MR) is 47.9 cm³/mol. The molecule has 0 heteroatoms. The van der Waals surface area contributed by atoms with E-state index in [9.17, 15) is 0 Å². The lowest BCUT2D eigenvalue weighted by Crippen LogP contribution is -1.49. The first-order chi connectivity index (χ1) is 4.91.